The lowest BCUT2D eigenvalue weighted by Gasteiger charge is -2.20. The number of carbonyl (C=O) groups is 2. The lowest BCUT2D eigenvalue weighted by atomic mass is 10.2. The first kappa shape index (κ1) is 23.9. The Morgan fingerprint density at radius 3 is 2.37 bits per heavy atom. The molecular weight excluding hydrogens is 428 g/mol. The number of amides is 1. The molecule has 0 aliphatic rings. The molecule has 0 radical (unpaired) electrons. The van der Waals surface area contributed by atoms with Crippen LogP contribution in [-0.2, 0) is 19.6 Å². The zero-order chi connectivity index (χ0) is 22.5. The van der Waals surface area contributed by atoms with Gasteiger partial charge in [0.05, 0.1) is 10.6 Å². The summed E-state index contributed by atoms with van der Waals surface area (Å²) in [5, 5.41) is 2.71. The summed E-state index contributed by atoms with van der Waals surface area (Å²) >= 11 is 6.08. The molecule has 2 rings (SSSR count). The van der Waals surface area contributed by atoms with Gasteiger partial charge in [-0.15, -0.1) is 0 Å². The van der Waals surface area contributed by atoms with E-state index in [0.29, 0.717) is 5.69 Å². The van der Waals surface area contributed by atoms with Gasteiger partial charge in [0.25, 0.3) is 5.91 Å². The molecule has 0 aliphatic heterocycles. The highest BCUT2D eigenvalue weighted by atomic mass is 35.5. The SMILES string of the molecule is CCN(CC)S(=O)(=O)c1cc(C(=O)O[C@H](C)C(=O)Nc2ccccc2C)ccc1Cl. The molecule has 0 fully saturated rings. The van der Waals surface area contributed by atoms with Crippen molar-refractivity contribution < 1.29 is 22.7 Å². The first-order chi connectivity index (χ1) is 14.1. The summed E-state index contributed by atoms with van der Waals surface area (Å²) in [5.41, 5.74) is 1.47. The number of benzene rings is 2. The number of hydrogen-bond acceptors (Lipinski definition) is 5. The summed E-state index contributed by atoms with van der Waals surface area (Å²) in [6.07, 6.45) is -1.09. The Labute approximate surface area is 182 Å². The number of aryl methyl sites for hydroxylation is 1. The minimum atomic E-state index is -3.86. The Hall–Kier alpha value is -2.42. The Kier molecular flexibility index (Phi) is 8.00. The van der Waals surface area contributed by atoms with Crippen molar-refractivity contribution in [2.75, 3.05) is 18.4 Å². The van der Waals surface area contributed by atoms with Crippen molar-refractivity contribution in [2.45, 2.75) is 38.7 Å². The second kappa shape index (κ2) is 10.1. The number of halogens is 1. The maximum absolute atomic E-state index is 12.8. The van der Waals surface area contributed by atoms with Gasteiger partial charge in [0.15, 0.2) is 6.10 Å². The van der Waals surface area contributed by atoms with Crippen LogP contribution in [0.4, 0.5) is 5.69 Å². The van der Waals surface area contributed by atoms with Gasteiger partial charge in [-0.3, -0.25) is 4.79 Å². The molecule has 0 heterocycles. The van der Waals surface area contributed by atoms with Crippen LogP contribution in [0.3, 0.4) is 0 Å². The van der Waals surface area contributed by atoms with Crippen LogP contribution in [0.25, 0.3) is 0 Å². The van der Waals surface area contributed by atoms with Gasteiger partial charge in [0.2, 0.25) is 10.0 Å². The predicted molar refractivity (Wildman–Crippen MR) is 116 cm³/mol. The third-order valence-corrected chi connectivity index (χ3v) is 7.08. The molecule has 1 N–H and O–H groups in total. The fourth-order valence-corrected chi connectivity index (χ4v) is 4.72. The van der Waals surface area contributed by atoms with Crippen molar-refractivity contribution in [3.8, 4) is 0 Å². The summed E-state index contributed by atoms with van der Waals surface area (Å²) in [7, 11) is -3.86. The second-order valence-corrected chi connectivity index (χ2v) is 8.90. The van der Waals surface area contributed by atoms with Gasteiger partial charge in [-0.05, 0) is 43.7 Å². The number of rotatable bonds is 8. The highest BCUT2D eigenvalue weighted by Crippen LogP contribution is 2.26. The van der Waals surface area contributed by atoms with E-state index in [4.69, 9.17) is 16.3 Å². The summed E-state index contributed by atoms with van der Waals surface area (Å²) in [6.45, 7) is 7.23. The Bertz CT molecular complexity index is 1040. The number of para-hydroxylation sites is 1. The molecule has 1 amide bonds. The van der Waals surface area contributed by atoms with Crippen LogP contribution in [0.1, 0.15) is 36.7 Å². The van der Waals surface area contributed by atoms with Crippen LogP contribution in [0, 0.1) is 6.92 Å². The van der Waals surface area contributed by atoms with Crippen LogP contribution in [0.15, 0.2) is 47.4 Å². The molecule has 0 aliphatic carbocycles. The number of esters is 1. The topological polar surface area (TPSA) is 92.8 Å². The smallest absolute Gasteiger partial charge is 0.338 e. The molecule has 0 saturated carbocycles. The van der Waals surface area contributed by atoms with E-state index in [2.05, 4.69) is 5.32 Å². The maximum atomic E-state index is 12.8. The molecule has 0 spiro atoms. The van der Waals surface area contributed by atoms with Gasteiger partial charge in [0, 0.05) is 18.8 Å². The lowest BCUT2D eigenvalue weighted by Crippen LogP contribution is -2.31. The Morgan fingerprint density at radius 2 is 1.77 bits per heavy atom. The summed E-state index contributed by atoms with van der Waals surface area (Å²) < 4.78 is 32.0. The molecule has 2 aromatic carbocycles. The van der Waals surface area contributed by atoms with Gasteiger partial charge in [-0.1, -0.05) is 43.6 Å². The average molecular weight is 453 g/mol. The third kappa shape index (κ3) is 5.38. The van der Waals surface area contributed by atoms with Gasteiger partial charge in [-0.2, -0.15) is 4.31 Å². The van der Waals surface area contributed by atoms with Crippen LogP contribution in [0.5, 0.6) is 0 Å². The molecule has 2 aromatic rings. The molecule has 1 atom stereocenters. The number of carbonyl (C=O) groups excluding carboxylic acids is 2. The highest BCUT2D eigenvalue weighted by molar-refractivity contribution is 7.89. The number of anilines is 1. The monoisotopic (exact) mass is 452 g/mol. The van der Waals surface area contributed by atoms with E-state index < -0.39 is 28.0 Å². The number of hydrogen-bond donors (Lipinski definition) is 1. The van der Waals surface area contributed by atoms with Gasteiger partial charge in [-0.25, -0.2) is 13.2 Å². The minimum Gasteiger partial charge on any atom is -0.449 e. The van der Waals surface area contributed by atoms with E-state index in [9.17, 15) is 18.0 Å². The number of nitrogens with zero attached hydrogens (tertiary/aromatic N) is 1. The fourth-order valence-electron chi connectivity index (χ4n) is 2.76. The number of sulfonamides is 1. The van der Waals surface area contributed by atoms with Crippen LogP contribution >= 0.6 is 11.6 Å². The van der Waals surface area contributed by atoms with Gasteiger partial charge >= 0.3 is 5.97 Å². The van der Waals surface area contributed by atoms with Crippen molar-refractivity contribution in [1.29, 1.82) is 0 Å². The largest absolute Gasteiger partial charge is 0.449 e. The number of nitrogens with one attached hydrogen (secondary N) is 1. The Morgan fingerprint density at radius 1 is 1.13 bits per heavy atom. The molecule has 9 heteroatoms. The molecule has 0 aromatic heterocycles. The quantitative estimate of drug-likeness (QED) is 0.614. The average Bonchev–Trinajstić information content (AvgIpc) is 2.70. The van der Waals surface area contributed by atoms with E-state index in [1.807, 2.05) is 19.1 Å². The molecule has 0 bridgehead atoms. The first-order valence-corrected chi connectivity index (χ1v) is 11.3. The Balaban J connectivity index is 2.19. The first-order valence-electron chi connectivity index (χ1n) is 9.49. The van der Waals surface area contributed by atoms with Crippen molar-refractivity contribution in [3.63, 3.8) is 0 Å². The van der Waals surface area contributed by atoms with Crippen molar-refractivity contribution >= 4 is 39.2 Å². The van der Waals surface area contributed by atoms with E-state index in [-0.39, 0.29) is 28.6 Å². The normalized spacial score (nSPS) is 12.5. The van der Waals surface area contributed by atoms with Crippen molar-refractivity contribution in [3.05, 3.63) is 58.6 Å². The van der Waals surface area contributed by atoms with E-state index in [1.165, 1.54) is 29.4 Å². The maximum Gasteiger partial charge on any atom is 0.338 e. The molecule has 30 heavy (non-hydrogen) atoms. The van der Waals surface area contributed by atoms with E-state index in [1.54, 1.807) is 26.0 Å². The highest BCUT2D eigenvalue weighted by Gasteiger charge is 2.27. The molecule has 0 unspecified atom stereocenters. The summed E-state index contributed by atoms with van der Waals surface area (Å²) in [4.78, 5) is 24.7. The van der Waals surface area contributed by atoms with Gasteiger partial charge in [0.1, 0.15) is 4.90 Å². The standard InChI is InChI=1S/C21H25ClN2O5S/c1-5-24(6-2)30(27,28)19-13-16(11-12-17(19)22)21(26)29-15(4)20(25)23-18-10-8-7-9-14(18)3/h7-13,15H,5-6H2,1-4H3,(H,23,25)/t15-/m1/s1. The molecule has 0 saturated heterocycles. The van der Waals surface area contributed by atoms with E-state index >= 15 is 0 Å². The third-order valence-electron chi connectivity index (χ3n) is 4.55. The zero-order valence-electron chi connectivity index (χ0n) is 17.3. The zero-order valence-corrected chi connectivity index (χ0v) is 18.9. The predicted octanol–water partition coefficient (Wildman–Crippen LogP) is 3.86. The van der Waals surface area contributed by atoms with Crippen LogP contribution < -0.4 is 5.32 Å². The second-order valence-electron chi connectivity index (χ2n) is 6.59. The molecular formula is C21H25ClN2O5S. The van der Waals surface area contributed by atoms with Crippen molar-refractivity contribution in [2.24, 2.45) is 0 Å². The fraction of sp³-hybridized carbons (Fsp3) is 0.333. The minimum absolute atomic E-state index is 0.00351. The van der Waals surface area contributed by atoms with E-state index in [0.717, 1.165) is 5.56 Å². The summed E-state index contributed by atoms with van der Waals surface area (Å²) in [6, 6.07) is 11.1. The van der Waals surface area contributed by atoms with Crippen LogP contribution in [0.2, 0.25) is 5.02 Å². The lowest BCUT2D eigenvalue weighted by molar-refractivity contribution is -0.123. The van der Waals surface area contributed by atoms with Gasteiger partial charge < -0.3 is 10.1 Å². The molecule has 7 nitrogen and oxygen atoms in total. The number of ether oxygens (including phenoxy) is 1. The summed E-state index contributed by atoms with van der Waals surface area (Å²) in [5.74, 6) is -1.32. The van der Waals surface area contributed by atoms with Crippen LogP contribution in [-0.4, -0.2) is 43.8 Å². The van der Waals surface area contributed by atoms with Crippen molar-refractivity contribution in [1.82, 2.24) is 4.31 Å². The molecule has 162 valence electrons.